The summed E-state index contributed by atoms with van der Waals surface area (Å²) in [5.41, 5.74) is 4.32. The van der Waals surface area contributed by atoms with E-state index in [1.807, 2.05) is 31.2 Å². The number of rotatable bonds is 9. The number of hydrogen-bond acceptors (Lipinski definition) is 5. The molecule has 0 saturated heterocycles. The van der Waals surface area contributed by atoms with Crippen molar-refractivity contribution in [2.24, 2.45) is 5.10 Å². The minimum Gasteiger partial charge on any atom is -0.503 e. The van der Waals surface area contributed by atoms with Crippen molar-refractivity contribution in [1.29, 1.82) is 0 Å². The SMILES string of the molecule is CCOc1cc(/C=N\NC(=O)COc2ccc(C(C)CC)cc2)cc(Br)c1O. The number of nitrogens with one attached hydrogen (secondary N) is 1. The monoisotopic (exact) mass is 448 g/mol. The van der Waals surface area contributed by atoms with Gasteiger partial charge in [0.25, 0.3) is 5.91 Å². The van der Waals surface area contributed by atoms with Crippen molar-refractivity contribution >= 4 is 28.1 Å². The lowest BCUT2D eigenvalue weighted by atomic mass is 9.99. The molecule has 1 atom stereocenters. The van der Waals surface area contributed by atoms with Crippen LogP contribution in [0.15, 0.2) is 46.0 Å². The van der Waals surface area contributed by atoms with E-state index in [-0.39, 0.29) is 18.3 Å². The fraction of sp³-hybridized carbons (Fsp3) is 0.333. The van der Waals surface area contributed by atoms with Crippen LogP contribution in [0, 0.1) is 0 Å². The van der Waals surface area contributed by atoms with Crippen molar-refractivity contribution in [3.63, 3.8) is 0 Å². The largest absolute Gasteiger partial charge is 0.503 e. The molecular formula is C21H25BrN2O4. The van der Waals surface area contributed by atoms with Crippen molar-refractivity contribution in [2.75, 3.05) is 13.2 Å². The second kappa shape index (κ2) is 10.7. The van der Waals surface area contributed by atoms with E-state index in [0.29, 0.717) is 34.1 Å². The average Bonchev–Trinajstić information content (AvgIpc) is 2.70. The van der Waals surface area contributed by atoms with E-state index < -0.39 is 0 Å². The number of amides is 1. The molecule has 28 heavy (non-hydrogen) atoms. The average molecular weight is 449 g/mol. The van der Waals surface area contributed by atoms with Gasteiger partial charge in [0.05, 0.1) is 17.3 Å². The predicted molar refractivity (Wildman–Crippen MR) is 113 cm³/mol. The summed E-state index contributed by atoms with van der Waals surface area (Å²) in [5.74, 6) is 1.12. The summed E-state index contributed by atoms with van der Waals surface area (Å²) in [4.78, 5) is 11.9. The van der Waals surface area contributed by atoms with Crippen molar-refractivity contribution in [1.82, 2.24) is 5.43 Å². The Morgan fingerprint density at radius 2 is 1.96 bits per heavy atom. The molecule has 0 aliphatic carbocycles. The third-order valence-electron chi connectivity index (χ3n) is 4.18. The number of halogens is 1. The number of phenolic OH excluding ortho intramolecular Hbond substituents is 1. The second-order valence-corrected chi connectivity index (χ2v) is 7.10. The maximum atomic E-state index is 11.9. The van der Waals surface area contributed by atoms with Gasteiger partial charge in [0.2, 0.25) is 0 Å². The quantitative estimate of drug-likeness (QED) is 0.433. The van der Waals surface area contributed by atoms with Crippen LogP contribution in [0.4, 0.5) is 0 Å². The number of benzene rings is 2. The van der Waals surface area contributed by atoms with E-state index in [2.05, 4.69) is 40.3 Å². The minimum absolute atomic E-state index is 0.0239. The molecule has 0 aliphatic heterocycles. The Hall–Kier alpha value is -2.54. The molecule has 0 aromatic heterocycles. The number of nitrogens with zero attached hydrogens (tertiary/aromatic N) is 1. The maximum absolute atomic E-state index is 11.9. The molecule has 6 nitrogen and oxygen atoms in total. The summed E-state index contributed by atoms with van der Waals surface area (Å²) in [5, 5.41) is 13.8. The van der Waals surface area contributed by atoms with Gasteiger partial charge in [0, 0.05) is 0 Å². The molecule has 0 heterocycles. The van der Waals surface area contributed by atoms with Gasteiger partial charge in [-0.05, 0) is 70.6 Å². The second-order valence-electron chi connectivity index (χ2n) is 6.24. The van der Waals surface area contributed by atoms with Crippen LogP contribution in [0.5, 0.6) is 17.2 Å². The molecule has 0 bridgehead atoms. The van der Waals surface area contributed by atoms with E-state index in [0.717, 1.165) is 6.42 Å². The zero-order chi connectivity index (χ0) is 20.5. The van der Waals surface area contributed by atoms with Gasteiger partial charge in [-0.3, -0.25) is 4.79 Å². The molecule has 0 radical (unpaired) electrons. The lowest BCUT2D eigenvalue weighted by Crippen LogP contribution is -2.24. The highest BCUT2D eigenvalue weighted by Crippen LogP contribution is 2.35. The van der Waals surface area contributed by atoms with Gasteiger partial charge >= 0.3 is 0 Å². The number of carbonyl (C=O) groups excluding carboxylic acids is 1. The smallest absolute Gasteiger partial charge is 0.277 e. The molecule has 0 aliphatic rings. The standard InChI is InChI=1S/C21H25BrN2O4/c1-4-14(3)16-6-8-17(9-7-16)28-13-20(25)24-23-12-15-10-18(22)21(26)19(11-15)27-5-2/h6-12,14,26H,4-5,13H2,1-3H3,(H,24,25)/b23-12-. The minimum atomic E-state index is -0.370. The van der Waals surface area contributed by atoms with Crippen LogP contribution >= 0.6 is 15.9 Å². The molecule has 1 amide bonds. The molecule has 7 heteroatoms. The number of hydrazone groups is 1. The molecule has 2 rings (SSSR count). The van der Waals surface area contributed by atoms with Crippen LogP contribution in [0.1, 0.15) is 44.2 Å². The van der Waals surface area contributed by atoms with Crippen LogP contribution in [0.3, 0.4) is 0 Å². The van der Waals surface area contributed by atoms with E-state index in [1.54, 1.807) is 12.1 Å². The third-order valence-corrected chi connectivity index (χ3v) is 4.79. The highest BCUT2D eigenvalue weighted by atomic mass is 79.9. The van der Waals surface area contributed by atoms with Crippen molar-refractivity contribution in [3.8, 4) is 17.2 Å². The van der Waals surface area contributed by atoms with Crippen molar-refractivity contribution < 1.29 is 19.4 Å². The highest BCUT2D eigenvalue weighted by molar-refractivity contribution is 9.10. The topological polar surface area (TPSA) is 80.2 Å². The zero-order valence-electron chi connectivity index (χ0n) is 16.2. The van der Waals surface area contributed by atoms with Crippen LogP contribution in [0.2, 0.25) is 0 Å². The predicted octanol–water partition coefficient (Wildman–Crippen LogP) is 4.60. The van der Waals surface area contributed by atoms with Gasteiger partial charge in [-0.15, -0.1) is 0 Å². The Bertz CT molecular complexity index is 822. The molecule has 150 valence electrons. The Labute approximate surface area is 173 Å². The summed E-state index contributed by atoms with van der Waals surface area (Å²) < 4.78 is 11.3. The molecule has 2 N–H and O–H groups in total. The van der Waals surface area contributed by atoms with Crippen molar-refractivity contribution in [3.05, 3.63) is 52.0 Å². The molecule has 0 saturated carbocycles. The van der Waals surface area contributed by atoms with Crippen LogP contribution in [-0.2, 0) is 4.79 Å². The lowest BCUT2D eigenvalue weighted by Gasteiger charge is -2.10. The fourth-order valence-corrected chi connectivity index (χ4v) is 2.88. The lowest BCUT2D eigenvalue weighted by molar-refractivity contribution is -0.123. The molecule has 2 aromatic rings. The van der Waals surface area contributed by atoms with Gasteiger partial charge in [-0.2, -0.15) is 5.10 Å². The number of ether oxygens (including phenoxy) is 2. The molecule has 0 spiro atoms. The van der Waals surface area contributed by atoms with Crippen LogP contribution in [0.25, 0.3) is 0 Å². The van der Waals surface area contributed by atoms with E-state index in [4.69, 9.17) is 9.47 Å². The Morgan fingerprint density at radius 3 is 2.61 bits per heavy atom. The van der Waals surface area contributed by atoms with Gasteiger partial charge in [0.15, 0.2) is 18.1 Å². The van der Waals surface area contributed by atoms with Crippen molar-refractivity contribution in [2.45, 2.75) is 33.1 Å². The molecule has 1 unspecified atom stereocenters. The molecule has 0 fully saturated rings. The third kappa shape index (κ3) is 6.27. The summed E-state index contributed by atoms with van der Waals surface area (Å²) in [6, 6.07) is 11.1. The van der Waals surface area contributed by atoms with E-state index in [9.17, 15) is 9.90 Å². The number of aromatic hydroxyl groups is 1. The van der Waals surface area contributed by atoms with Gasteiger partial charge < -0.3 is 14.6 Å². The summed E-state index contributed by atoms with van der Waals surface area (Å²) in [7, 11) is 0. The normalized spacial score (nSPS) is 12.0. The Kier molecular flexibility index (Phi) is 8.32. The molecule has 2 aromatic carbocycles. The first-order valence-electron chi connectivity index (χ1n) is 9.14. The summed E-state index contributed by atoms with van der Waals surface area (Å²) in [6.45, 7) is 6.43. The number of hydrogen-bond donors (Lipinski definition) is 2. The number of phenols is 1. The highest BCUT2D eigenvalue weighted by Gasteiger charge is 2.09. The van der Waals surface area contributed by atoms with E-state index in [1.165, 1.54) is 11.8 Å². The number of carbonyl (C=O) groups is 1. The first-order valence-corrected chi connectivity index (χ1v) is 9.93. The molecular weight excluding hydrogens is 424 g/mol. The zero-order valence-corrected chi connectivity index (χ0v) is 17.8. The maximum Gasteiger partial charge on any atom is 0.277 e. The van der Waals surface area contributed by atoms with Gasteiger partial charge in [-0.25, -0.2) is 5.43 Å². The van der Waals surface area contributed by atoms with Crippen LogP contribution < -0.4 is 14.9 Å². The van der Waals surface area contributed by atoms with Gasteiger partial charge in [0.1, 0.15) is 5.75 Å². The summed E-state index contributed by atoms with van der Waals surface area (Å²) >= 11 is 3.26. The Balaban J connectivity index is 1.87. The van der Waals surface area contributed by atoms with Crippen LogP contribution in [-0.4, -0.2) is 30.4 Å². The van der Waals surface area contributed by atoms with Gasteiger partial charge in [-0.1, -0.05) is 26.0 Å². The first-order chi connectivity index (χ1) is 13.4. The Morgan fingerprint density at radius 1 is 1.25 bits per heavy atom. The summed E-state index contributed by atoms with van der Waals surface area (Å²) in [6.07, 6.45) is 2.54. The first kappa shape index (κ1) is 21.8. The van der Waals surface area contributed by atoms with E-state index >= 15 is 0 Å². The fourth-order valence-electron chi connectivity index (χ4n) is 2.42.